The van der Waals surface area contributed by atoms with Crippen LogP contribution < -0.4 is 10.2 Å². The topological polar surface area (TPSA) is 71.8 Å². The Hall–Kier alpha value is -2.80. The van der Waals surface area contributed by atoms with Crippen LogP contribution in [0.5, 0.6) is 0 Å². The van der Waals surface area contributed by atoms with Crippen LogP contribution in [0, 0.1) is 0 Å². The van der Waals surface area contributed by atoms with Crippen LogP contribution in [0.15, 0.2) is 43.1 Å². The third-order valence-electron chi connectivity index (χ3n) is 4.40. The first kappa shape index (κ1) is 15.7. The predicted octanol–water partition coefficient (Wildman–Crippen LogP) is 1.70. The molecule has 1 saturated heterocycles. The molecule has 0 unspecified atom stereocenters. The minimum Gasteiger partial charge on any atom is -0.369 e. The number of benzene rings is 1. The van der Waals surface area contributed by atoms with E-state index < -0.39 is 0 Å². The van der Waals surface area contributed by atoms with Crippen LogP contribution in [0.1, 0.15) is 12.5 Å². The van der Waals surface area contributed by atoms with Gasteiger partial charge in [-0.15, -0.1) is 5.10 Å². The number of rotatable bonds is 4. The minimum absolute atomic E-state index is 0.662. The normalized spacial score (nSPS) is 14.7. The monoisotopic (exact) mass is 335 g/mol. The zero-order chi connectivity index (χ0) is 17.1. The molecule has 3 heterocycles. The lowest BCUT2D eigenvalue weighted by Crippen LogP contribution is -2.43. The molecule has 1 fully saturated rings. The van der Waals surface area contributed by atoms with Gasteiger partial charge in [-0.2, -0.15) is 0 Å². The highest BCUT2D eigenvalue weighted by molar-refractivity contribution is 5.65. The van der Waals surface area contributed by atoms with Crippen molar-refractivity contribution in [2.24, 2.45) is 0 Å². The van der Waals surface area contributed by atoms with Crippen molar-refractivity contribution < 1.29 is 0 Å². The summed E-state index contributed by atoms with van der Waals surface area (Å²) in [5.74, 6) is 1.37. The molecule has 0 bridgehead atoms. The lowest BCUT2D eigenvalue weighted by molar-refractivity contribution is 0.589. The standard InChI is InChI=1S/C18H21N7/c1-2-14-9-15(11-16(10-14)24-7-5-19-6-8-24)18-22-13-25(23-18)17-12-20-3-4-21-17/h3-4,9-13,19H,2,5-8H2,1H3. The van der Waals surface area contributed by atoms with Gasteiger partial charge in [0, 0.05) is 49.8 Å². The van der Waals surface area contributed by atoms with Gasteiger partial charge in [0.05, 0.1) is 6.20 Å². The van der Waals surface area contributed by atoms with E-state index in [-0.39, 0.29) is 0 Å². The van der Waals surface area contributed by atoms with Gasteiger partial charge in [-0.3, -0.25) is 4.98 Å². The van der Waals surface area contributed by atoms with Crippen molar-refractivity contribution >= 4 is 5.69 Å². The van der Waals surface area contributed by atoms with E-state index in [0.29, 0.717) is 11.6 Å². The predicted molar refractivity (Wildman–Crippen MR) is 96.8 cm³/mol. The summed E-state index contributed by atoms with van der Waals surface area (Å²) >= 11 is 0. The highest BCUT2D eigenvalue weighted by Gasteiger charge is 2.14. The van der Waals surface area contributed by atoms with E-state index in [2.05, 4.69) is 55.4 Å². The number of nitrogens with zero attached hydrogens (tertiary/aromatic N) is 6. The second kappa shape index (κ2) is 6.98. The molecule has 25 heavy (non-hydrogen) atoms. The summed E-state index contributed by atoms with van der Waals surface area (Å²) in [4.78, 5) is 15.2. The van der Waals surface area contributed by atoms with Gasteiger partial charge in [-0.1, -0.05) is 6.92 Å². The van der Waals surface area contributed by atoms with Crippen molar-refractivity contribution in [3.63, 3.8) is 0 Å². The summed E-state index contributed by atoms with van der Waals surface area (Å²) in [6, 6.07) is 6.62. The lowest BCUT2D eigenvalue weighted by Gasteiger charge is -2.30. The zero-order valence-corrected chi connectivity index (χ0v) is 14.3. The molecule has 0 aliphatic carbocycles. The molecular weight excluding hydrogens is 314 g/mol. The summed E-state index contributed by atoms with van der Waals surface area (Å²) in [7, 11) is 0. The first-order valence-electron chi connectivity index (χ1n) is 8.61. The molecule has 1 N–H and O–H groups in total. The second-order valence-corrected chi connectivity index (χ2v) is 6.06. The number of aromatic nitrogens is 5. The van der Waals surface area contributed by atoms with E-state index in [1.54, 1.807) is 29.6 Å². The van der Waals surface area contributed by atoms with E-state index in [1.807, 2.05) is 0 Å². The summed E-state index contributed by atoms with van der Waals surface area (Å²) in [5, 5.41) is 7.98. The van der Waals surface area contributed by atoms with Crippen LogP contribution in [0.3, 0.4) is 0 Å². The third kappa shape index (κ3) is 3.36. The minimum atomic E-state index is 0.662. The average molecular weight is 335 g/mol. The Morgan fingerprint density at radius 3 is 2.72 bits per heavy atom. The van der Waals surface area contributed by atoms with E-state index >= 15 is 0 Å². The number of piperazine rings is 1. The molecule has 4 rings (SSSR count). The summed E-state index contributed by atoms with van der Waals surface area (Å²) in [5.41, 5.74) is 3.57. The number of hydrogen-bond donors (Lipinski definition) is 1. The van der Waals surface area contributed by atoms with Crippen molar-refractivity contribution in [1.29, 1.82) is 0 Å². The summed E-state index contributed by atoms with van der Waals surface area (Å²) < 4.78 is 1.66. The molecule has 0 radical (unpaired) electrons. The van der Waals surface area contributed by atoms with Gasteiger partial charge in [-0.05, 0) is 30.2 Å². The third-order valence-corrected chi connectivity index (χ3v) is 4.40. The van der Waals surface area contributed by atoms with Gasteiger partial charge in [0.25, 0.3) is 0 Å². The molecule has 2 aromatic heterocycles. The molecule has 1 aliphatic heterocycles. The highest BCUT2D eigenvalue weighted by Crippen LogP contribution is 2.26. The van der Waals surface area contributed by atoms with E-state index in [1.165, 1.54) is 11.3 Å². The van der Waals surface area contributed by atoms with Crippen LogP contribution in [-0.4, -0.2) is 50.9 Å². The Labute approximate surface area is 146 Å². The highest BCUT2D eigenvalue weighted by atomic mass is 15.4. The second-order valence-electron chi connectivity index (χ2n) is 6.06. The van der Waals surface area contributed by atoms with Gasteiger partial charge >= 0.3 is 0 Å². The van der Waals surface area contributed by atoms with Gasteiger partial charge in [0.1, 0.15) is 6.33 Å². The maximum absolute atomic E-state index is 4.58. The van der Waals surface area contributed by atoms with E-state index in [4.69, 9.17) is 0 Å². The molecule has 0 spiro atoms. The zero-order valence-electron chi connectivity index (χ0n) is 14.3. The Morgan fingerprint density at radius 1 is 1.08 bits per heavy atom. The molecular formula is C18H21N7. The molecule has 7 nitrogen and oxygen atoms in total. The van der Waals surface area contributed by atoms with Crippen LogP contribution in [0.2, 0.25) is 0 Å². The van der Waals surface area contributed by atoms with Crippen LogP contribution >= 0.6 is 0 Å². The summed E-state index contributed by atoms with van der Waals surface area (Å²) in [6.45, 7) is 6.25. The molecule has 1 aliphatic rings. The number of aryl methyl sites for hydroxylation is 1. The van der Waals surface area contributed by atoms with Crippen molar-refractivity contribution in [2.45, 2.75) is 13.3 Å². The summed E-state index contributed by atoms with van der Waals surface area (Å²) in [6.07, 6.45) is 7.63. The Morgan fingerprint density at radius 2 is 1.96 bits per heavy atom. The molecule has 3 aromatic rings. The Bertz CT molecular complexity index is 838. The number of hydrogen-bond acceptors (Lipinski definition) is 6. The van der Waals surface area contributed by atoms with E-state index in [0.717, 1.165) is 38.2 Å². The van der Waals surface area contributed by atoms with Crippen LogP contribution in [-0.2, 0) is 6.42 Å². The molecule has 0 saturated carbocycles. The fraction of sp³-hybridized carbons (Fsp3) is 0.333. The molecule has 0 amide bonds. The smallest absolute Gasteiger partial charge is 0.181 e. The Kier molecular flexibility index (Phi) is 4.39. The molecule has 7 heteroatoms. The van der Waals surface area contributed by atoms with Crippen molar-refractivity contribution in [3.05, 3.63) is 48.7 Å². The lowest BCUT2D eigenvalue weighted by atomic mass is 10.1. The Balaban J connectivity index is 1.69. The SMILES string of the molecule is CCc1cc(-c2ncn(-c3cnccn3)n2)cc(N2CCNCC2)c1. The average Bonchev–Trinajstić information content (AvgIpc) is 3.19. The van der Waals surface area contributed by atoms with Crippen molar-refractivity contribution in [1.82, 2.24) is 30.0 Å². The molecule has 1 aromatic carbocycles. The largest absolute Gasteiger partial charge is 0.369 e. The first-order chi connectivity index (χ1) is 12.3. The van der Waals surface area contributed by atoms with Crippen molar-refractivity contribution in [2.75, 3.05) is 31.1 Å². The van der Waals surface area contributed by atoms with Gasteiger partial charge in [-0.25, -0.2) is 14.6 Å². The van der Waals surface area contributed by atoms with Gasteiger partial charge in [0.15, 0.2) is 11.6 Å². The number of nitrogens with one attached hydrogen (secondary N) is 1. The molecule has 0 atom stereocenters. The fourth-order valence-corrected chi connectivity index (χ4v) is 3.03. The number of anilines is 1. The maximum Gasteiger partial charge on any atom is 0.181 e. The van der Waals surface area contributed by atoms with Gasteiger partial charge in [0.2, 0.25) is 0 Å². The van der Waals surface area contributed by atoms with Crippen LogP contribution in [0.4, 0.5) is 5.69 Å². The maximum atomic E-state index is 4.58. The van der Waals surface area contributed by atoms with Crippen molar-refractivity contribution in [3.8, 4) is 17.2 Å². The van der Waals surface area contributed by atoms with E-state index in [9.17, 15) is 0 Å². The fourth-order valence-electron chi connectivity index (χ4n) is 3.03. The molecule has 128 valence electrons. The quantitative estimate of drug-likeness (QED) is 0.782. The van der Waals surface area contributed by atoms with Gasteiger partial charge < -0.3 is 10.2 Å². The van der Waals surface area contributed by atoms with Crippen LogP contribution in [0.25, 0.3) is 17.2 Å². The first-order valence-corrected chi connectivity index (χ1v) is 8.61.